The Labute approximate surface area is 122 Å². The molecule has 0 amide bonds. The molecule has 0 unspecified atom stereocenters. The van der Waals surface area contributed by atoms with Gasteiger partial charge in [0.15, 0.2) is 0 Å². The number of aryl methyl sites for hydroxylation is 1. The van der Waals surface area contributed by atoms with Gasteiger partial charge in [-0.15, -0.1) is 6.07 Å². The Kier molecular flexibility index (Phi) is 7.39. The molecule has 1 radical (unpaired) electrons. The fraction of sp³-hybridized carbons (Fsp3) is 0.400. The van der Waals surface area contributed by atoms with Crippen LogP contribution in [-0.2, 0) is 49.2 Å². The van der Waals surface area contributed by atoms with Gasteiger partial charge in [-0.3, -0.25) is 0 Å². The third-order valence-electron chi connectivity index (χ3n) is 2.12. The van der Waals surface area contributed by atoms with E-state index in [0.717, 1.165) is 11.3 Å². The summed E-state index contributed by atoms with van der Waals surface area (Å²) in [5.41, 5.74) is 1.86. The Hall–Kier alpha value is 0.0339. The minimum absolute atomic E-state index is 0. The Balaban J connectivity index is 0.00000225. The quantitative estimate of drug-likeness (QED) is 0.783. The predicted molar refractivity (Wildman–Crippen MR) is 61.4 cm³/mol. The van der Waals surface area contributed by atoms with Crippen LogP contribution in [0, 0.1) is 6.07 Å². The molecule has 1 aromatic rings. The number of rotatable bonds is 5. The second-order valence-corrected chi connectivity index (χ2v) is 5.18. The summed E-state index contributed by atoms with van der Waals surface area (Å²) in [6, 6.07) is 8.59. The summed E-state index contributed by atoms with van der Waals surface area (Å²) in [4.78, 5) is 0. The van der Waals surface area contributed by atoms with Crippen molar-refractivity contribution in [3.05, 3.63) is 29.8 Å². The van der Waals surface area contributed by atoms with Crippen LogP contribution in [-0.4, -0.2) is 28.3 Å². The van der Waals surface area contributed by atoms with Gasteiger partial charge in [-0.25, -0.2) is 13.1 Å². The molecule has 0 aliphatic heterocycles. The minimum atomic E-state index is -3.11. The van der Waals surface area contributed by atoms with Gasteiger partial charge in [-0.2, -0.15) is 23.8 Å². The van der Waals surface area contributed by atoms with E-state index in [2.05, 4.69) is 16.1 Å². The van der Waals surface area contributed by atoms with Crippen molar-refractivity contribution in [2.24, 2.45) is 0 Å². The van der Waals surface area contributed by atoms with Crippen molar-refractivity contribution < 1.29 is 41.1 Å². The maximum Gasteiger partial charge on any atom is 0.210 e. The van der Waals surface area contributed by atoms with E-state index >= 15 is 0 Å². The molecule has 0 heterocycles. The summed E-state index contributed by atoms with van der Waals surface area (Å²) in [7, 11) is 0.126. The smallest absolute Gasteiger partial charge is 0.210 e. The Morgan fingerprint density at radius 1 is 1.31 bits per heavy atom. The van der Waals surface area contributed by atoms with Crippen LogP contribution >= 0.6 is 0 Å². The fourth-order valence-electron chi connectivity index (χ4n) is 1.12. The first-order valence-corrected chi connectivity index (χ1v) is 6.32. The molecule has 0 aromatic heterocycles. The molecule has 0 saturated heterocycles. The minimum Gasteiger partial charge on any atom is -0.410 e. The molecule has 0 atom stereocenters. The van der Waals surface area contributed by atoms with Crippen LogP contribution in [0.1, 0.15) is 5.56 Å². The van der Waals surface area contributed by atoms with Crippen molar-refractivity contribution in [3.8, 4) is 0 Å². The summed E-state index contributed by atoms with van der Waals surface area (Å²) in [5, 5.41) is 2.95. The summed E-state index contributed by atoms with van der Waals surface area (Å²) in [5.74, 6) is 0.107. The van der Waals surface area contributed by atoms with Crippen LogP contribution in [0.25, 0.3) is 0 Å². The van der Waals surface area contributed by atoms with Crippen molar-refractivity contribution in [3.63, 3.8) is 0 Å². The molecular formula is C10H15N2O2SY-. The zero-order chi connectivity index (χ0) is 11.3. The summed E-state index contributed by atoms with van der Waals surface area (Å²) >= 11 is 0. The number of hydrogen-bond donors (Lipinski definition) is 2. The van der Waals surface area contributed by atoms with Gasteiger partial charge in [-0.05, 0) is 7.05 Å². The van der Waals surface area contributed by atoms with Crippen molar-refractivity contribution in [1.29, 1.82) is 0 Å². The third kappa shape index (κ3) is 5.39. The molecule has 1 rings (SSSR count). The van der Waals surface area contributed by atoms with Gasteiger partial charge in [-0.1, -0.05) is 12.1 Å². The molecule has 0 saturated carbocycles. The molecule has 0 spiro atoms. The van der Waals surface area contributed by atoms with Crippen LogP contribution in [0.2, 0.25) is 0 Å². The van der Waals surface area contributed by atoms with Crippen LogP contribution in [0.15, 0.2) is 18.2 Å². The standard InChI is InChI=1S/C10H15N2O2S.Y/c1-11-10-5-3-9(4-6-10)7-8-15(13,14)12-2;/h3-5,11-12H,7-8H2,1-2H3;/q-1;. The zero-order valence-electron chi connectivity index (χ0n) is 9.45. The van der Waals surface area contributed by atoms with E-state index < -0.39 is 10.0 Å². The number of nitrogens with one attached hydrogen (secondary N) is 2. The maximum atomic E-state index is 11.2. The molecular weight excluding hydrogens is 301 g/mol. The molecule has 0 fully saturated rings. The molecule has 2 N–H and O–H groups in total. The van der Waals surface area contributed by atoms with E-state index in [1.54, 1.807) is 6.07 Å². The van der Waals surface area contributed by atoms with Crippen LogP contribution < -0.4 is 10.0 Å². The van der Waals surface area contributed by atoms with E-state index in [0.29, 0.717) is 6.42 Å². The predicted octanol–water partition coefficient (Wildman–Crippen LogP) is 0.618. The van der Waals surface area contributed by atoms with E-state index in [1.165, 1.54) is 7.05 Å². The van der Waals surface area contributed by atoms with Crippen molar-refractivity contribution >= 4 is 15.7 Å². The average molecular weight is 316 g/mol. The first-order chi connectivity index (χ1) is 7.07. The van der Waals surface area contributed by atoms with Gasteiger partial charge in [0.2, 0.25) is 10.0 Å². The summed E-state index contributed by atoms with van der Waals surface area (Å²) in [6.45, 7) is 0. The molecule has 6 heteroatoms. The zero-order valence-corrected chi connectivity index (χ0v) is 13.1. The molecule has 0 aliphatic carbocycles. The van der Waals surface area contributed by atoms with Crippen LogP contribution in [0.5, 0.6) is 0 Å². The maximum absolute atomic E-state index is 11.2. The molecule has 1 aromatic carbocycles. The molecule has 16 heavy (non-hydrogen) atoms. The normalized spacial score (nSPS) is 10.6. The molecule has 0 aliphatic rings. The van der Waals surface area contributed by atoms with Crippen LogP contribution in [0.4, 0.5) is 5.69 Å². The van der Waals surface area contributed by atoms with Gasteiger partial charge in [0.05, 0.1) is 5.75 Å². The van der Waals surface area contributed by atoms with Gasteiger partial charge in [0.25, 0.3) is 0 Å². The van der Waals surface area contributed by atoms with Crippen molar-refractivity contribution in [2.75, 3.05) is 25.2 Å². The third-order valence-corrected chi connectivity index (χ3v) is 3.48. The fourth-order valence-corrected chi connectivity index (χ4v) is 1.83. The van der Waals surface area contributed by atoms with Gasteiger partial charge in [0, 0.05) is 39.8 Å². The van der Waals surface area contributed by atoms with E-state index in [4.69, 9.17) is 0 Å². The second-order valence-electron chi connectivity index (χ2n) is 3.13. The summed E-state index contributed by atoms with van der Waals surface area (Å²) < 4.78 is 24.6. The van der Waals surface area contributed by atoms with Crippen molar-refractivity contribution in [1.82, 2.24) is 4.72 Å². The monoisotopic (exact) mass is 316 g/mol. The molecule has 87 valence electrons. The number of benzene rings is 1. The van der Waals surface area contributed by atoms with Gasteiger partial charge in [0.1, 0.15) is 0 Å². The number of hydrogen-bond acceptors (Lipinski definition) is 3. The number of anilines is 1. The molecule has 0 bridgehead atoms. The largest absolute Gasteiger partial charge is 0.410 e. The van der Waals surface area contributed by atoms with E-state index in [9.17, 15) is 8.42 Å². The van der Waals surface area contributed by atoms with Crippen molar-refractivity contribution in [2.45, 2.75) is 6.42 Å². The van der Waals surface area contributed by atoms with E-state index in [-0.39, 0.29) is 38.5 Å². The SMILES string of the molecule is CNc1[c-]cc(CCS(=O)(=O)NC)cc1.[Y]. The van der Waals surface area contributed by atoms with Gasteiger partial charge < -0.3 is 5.32 Å². The second kappa shape index (κ2) is 7.38. The van der Waals surface area contributed by atoms with Crippen LogP contribution in [0.3, 0.4) is 0 Å². The average Bonchev–Trinajstić information content (AvgIpc) is 2.27. The first-order valence-electron chi connectivity index (χ1n) is 4.67. The Morgan fingerprint density at radius 2 is 2.00 bits per heavy atom. The van der Waals surface area contributed by atoms with Gasteiger partial charge >= 0.3 is 0 Å². The molecule has 4 nitrogen and oxygen atoms in total. The first kappa shape index (κ1) is 16.0. The summed E-state index contributed by atoms with van der Waals surface area (Å²) in [6.07, 6.45) is 0.504. The Bertz CT molecular complexity index is 403. The Morgan fingerprint density at radius 3 is 2.44 bits per heavy atom. The van der Waals surface area contributed by atoms with E-state index in [1.807, 2.05) is 19.2 Å². The number of sulfonamides is 1. The topological polar surface area (TPSA) is 58.2 Å².